The number of benzene rings is 1. The summed E-state index contributed by atoms with van der Waals surface area (Å²) in [6, 6.07) is 10.8. The van der Waals surface area contributed by atoms with E-state index >= 15 is 0 Å². The van der Waals surface area contributed by atoms with Crippen molar-refractivity contribution in [2.24, 2.45) is 11.8 Å². The first-order valence-electron chi connectivity index (χ1n) is 10.0. The van der Waals surface area contributed by atoms with Gasteiger partial charge in [-0.05, 0) is 68.4 Å². The Morgan fingerprint density at radius 1 is 1.22 bits per heavy atom. The predicted molar refractivity (Wildman–Crippen MR) is 111 cm³/mol. The Kier molecular flexibility index (Phi) is 7.22. The molecule has 1 saturated carbocycles. The number of carbonyl (C=O) groups is 2. The van der Waals surface area contributed by atoms with Crippen molar-refractivity contribution in [2.45, 2.75) is 57.8 Å². The highest BCUT2D eigenvalue weighted by Gasteiger charge is 2.32. The molecule has 144 valence electrons. The van der Waals surface area contributed by atoms with Crippen LogP contribution in [-0.4, -0.2) is 16.9 Å². The lowest BCUT2D eigenvalue weighted by atomic mass is 9.88. The third kappa shape index (κ3) is 5.77. The SMILES string of the molecule is O=C(O)CCC/C=C\C[C@H]1C(=O)CCC1CCCc1cc2ccccc2s1. The van der Waals surface area contributed by atoms with Gasteiger partial charge in [-0.1, -0.05) is 30.4 Å². The molecule has 2 atom stereocenters. The van der Waals surface area contributed by atoms with Crippen molar-refractivity contribution in [1.29, 1.82) is 0 Å². The largest absolute Gasteiger partial charge is 0.481 e. The molecule has 1 unspecified atom stereocenters. The van der Waals surface area contributed by atoms with Gasteiger partial charge in [-0.15, -0.1) is 11.3 Å². The zero-order valence-corrected chi connectivity index (χ0v) is 16.5. The van der Waals surface area contributed by atoms with E-state index in [1.165, 1.54) is 15.0 Å². The molecule has 0 saturated heterocycles. The highest BCUT2D eigenvalue weighted by molar-refractivity contribution is 7.19. The van der Waals surface area contributed by atoms with Gasteiger partial charge in [0.05, 0.1) is 0 Å². The molecule has 1 fully saturated rings. The molecule has 0 radical (unpaired) electrons. The van der Waals surface area contributed by atoms with Crippen LogP contribution in [0.5, 0.6) is 0 Å². The summed E-state index contributed by atoms with van der Waals surface area (Å²) in [6.07, 6.45) is 11.7. The molecular formula is C23H28O3S. The van der Waals surface area contributed by atoms with Crippen molar-refractivity contribution in [2.75, 3.05) is 0 Å². The smallest absolute Gasteiger partial charge is 0.303 e. The third-order valence-corrected chi connectivity index (χ3v) is 6.71. The summed E-state index contributed by atoms with van der Waals surface area (Å²) in [4.78, 5) is 24.2. The summed E-state index contributed by atoms with van der Waals surface area (Å²) < 4.78 is 1.36. The second-order valence-electron chi connectivity index (χ2n) is 7.51. The van der Waals surface area contributed by atoms with E-state index in [2.05, 4.69) is 36.4 Å². The van der Waals surface area contributed by atoms with Crippen LogP contribution in [0.3, 0.4) is 0 Å². The molecule has 2 aromatic rings. The molecular weight excluding hydrogens is 356 g/mol. The van der Waals surface area contributed by atoms with Crippen LogP contribution in [0.1, 0.15) is 56.2 Å². The number of Topliss-reactive ketones (excluding diaryl/α,β-unsaturated/α-hetero) is 1. The Morgan fingerprint density at radius 2 is 2.07 bits per heavy atom. The average Bonchev–Trinajstić information content (AvgIpc) is 3.21. The third-order valence-electron chi connectivity index (χ3n) is 5.54. The maximum Gasteiger partial charge on any atom is 0.303 e. The molecule has 3 nitrogen and oxygen atoms in total. The zero-order chi connectivity index (χ0) is 19.1. The number of carbonyl (C=O) groups excluding carboxylic acids is 1. The van der Waals surface area contributed by atoms with Crippen LogP contribution in [-0.2, 0) is 16.0 Å². The van der Waals surface area contributed by atoms with E-state index in [4.69, 9.17) is 5.11 Å². The molecule has 1 heterocycles. The van der Waals surface area contributed by atoms with Gasteiger partial charge in [0, 0.05) is 28.3 Å². The minimum Gasteiger partial charge on any atom is -0.481 e. The summed E-state index contributed by atoms with van der Waals surface area (Å²) in [5, 5.41) is 9.98. The fraction of sp³-hybridized carbons (Fsp3) is 0.478. The number of carboxylic acids is 1. The van der Waals surface area contributed by atoms with Gasteiger partial charge in [0.1, 0.15) is 5.78 Å². The molecule has 3 rings (SSSR count). The number of ketones is 1. The number of hydrogen-bond donors (Lipinski definition) is 1. The van der Waals surface area contributed by atoms with Crippen LogP contribution in [0.4, 0.5) is 0 Å². The van der Waals surface area contributed by atoms with Crippen molar-refractivity contribution in [1.82, 2.24) is 0 Å². The van der Waals surface area contributed by atoms with Gasteiger partial charge in [0.25, 0.3) is 0 Å². The van der Waals surface area contributed by atoms with Crippen LogP contribution in [0.25, 0.3) is 10.1 Å². The Bertz CT molecular complexity index is 772. The Morgan fingerprint density at radius 3 is 2.89 bits per heavy atom. The van der Waals surface area contributed by atoms with Gasteiger partial charge in [-0.2, -0.15) is 0 Å². The number of aliphatic carboxylic acids is 1. The van der Waals surface area contributed by atoms with Crippen LogP contribution >= 0.6 is 11.3 Å². The normalized spacial score (nSPS) is 20.1. The number of fused-ring (bicyclic) bond motifs is 1. The van der Waals surface area contributed by atoms with E-state index in [0.717, 1.165) is 44.9 Å². The lowest BCUT2D eigenvalue weighted by molar-refractivity contribution is -0.137. The van der Waals surface area contributed by atoms with E-state index in [1.54, 1.807) is 0 Å². The number of thiophene rings is 1. The molecule has 1 aromatic carbocycles. The summed E-state index contributed by atoms with van der Waals surface area (Å²) in [5.41, 5.74) is 0. The molecule has 0 amide bonds. The van der Waals surface area contributed by atoms with E-state index < -0.39 is 5.97 Å². The number of hydrogen-bond acceptors (Lipinski definition) is 3. The lowest BCUT2D eigenvalue weighted by Crippen LogP contribution is -2.14. The second-order valence-corrected chi connectivity index (χ2v) is 8.68. The van der Waals surface area contributed by atoms with Gasteiger partial charge in [-0.3, -0.25) is 9.59 Å². The van der Waals surface area contributed by atoms with Gasteiger partial charge >= 0.3 is 5.97 Å². The van der Waals surface area contributed by atoms with Gasteiger partial charge < -0.3 is 5.11 Å². The standard InChI is InChI=1S/C23H28O3S/c24-21-15-14-17(20(21)11-3-1-2-4-13-23(25)26)9-7-10-19-16-18-8-5-6-12-22(18)27-19/h1,3,5-6,8,12,16-17,20H,2,4,7,9-11,13-15H2,(H,25,26)/b3-1-/t17?,20-/m1/s1. The maximum atomic E-state index is 12.2. The van der Waals surface area contributed by atoms with E-state index in [9.17, 15) is 9.59 Å². The molecule has 1 aromatic heterocycles. The van der Waals surface area contributed by atoms with Gasteiger partial charge in [0.2, 0.25) is 0 Å². The quantitative estimate of drug-likeness (QED) is 0.402. The number of rotatable bonds is 10. The highest BCUT2D eigenvalue weighted by Crippen LogP contribution is 2.36. The minimum absolute atomic E-state index is 0.170. The lowest BCUT2D eigenvalue weighted by Gasteiger charge is -2.16. The molecule has 27 heavy (non-hydrogen) atoms. The summed E-state index contributed by atoms with van der Waals surface area (Å²) in [7, 11) is 0. The van der Waals surface area contributed by atoms with Crippen molar-refractivity contribution in [3.8, 4) is 0 Å². The molecule has 1 aliphatic rings. The maximum absolute atomic E-state index is 12.2. The Hall–Kier alpha value is -1.94. The van der Waals surface area contributed by atoms with Crippen molar-refractivity contribution < 1.29 is 14.7 Å². The topological polar surface area (TPSA) is 54.4 Å². The van der Waals surface area contributed by atoms with Crippen molar-refractivity contribution >= 4 is 33.2 Å². The molecule has 0 spiro atoms. The predicted octanol–water partition coefficient (Wildman–Crippen LogP) is 6.02. The Labute approximate surface area is 165 Å². The first-order valence-corrected chi connectivity index (χ1v) is 10.8. The summed E-state index contributed by atoms with van der Waals surface area (Å²) in [6.45, 7) is 0. The van der Waals surface area contributed by atoms with Gasteiger partial charge in [0.15, 0.2) is 0 Å². The number of aryl methyl sites for hydroxylation is 1. The summed E-state index contributed by atoms with van der Waals surface area (Å²) >= 11 is 1.88. The second kappa shape index (κ2) is 9.84. The average molecular weight is 385 g/mol. The van der Waals surface area contributed by atoms with Crippen LogP contribution < -0.4 is 0 Å². The minimum atomic E-state index is -0.743. The van der Waals surface area contributed by atoms with Crippen LogP contribution in [0.15, 0.2) is 42.5 Å². The molecule has 0 bridgehead atoms. The van der Waals surface area contributed by atoms with Gasteiger partial charge in [-0.25, -0.2) is 0 Å². The van der Waals surface area contributed by atoms with Crippen molar-refractivity contribution in [3.63, 3.8) is 0 Å². The van der Waals surface area contributed by atoms with Crippen molar-refractivity contribution in [3.05, 3.63) is 47.4 Å². The van der Waals surface area contributed by atoms with E-state index in [1.807, 2.05) is 17.4 Å². The molecule has 1 N–H and O–H groups in total. The monoisotopic (exact) mass is 384 g/mol. The molecule has 4 heteroatoms. The van der Waals surface area contributed by atoms with Crippen LogP contribution in [0.2, 0.25) is 0 Å². The number of unbranched alkanes of at least 4 members (excludes halogenated alkanes) is 1. The summed E-state index contributed by atoms with van der Waals surface area (Å²) in [5.74, 6) is 0.351. The zero-order valence-electron chi connectivity index (χ0n) is 15.7. The highest BCUT2D eigenvalue weighted by atomic mass is 32.1. The fourth-order valence-corrected chi connectivity index (χ4v) is 5.18. The first kappa shape index (κ1) is 19.8. The first-order chi connectivity index (χ1) is 13.1. The fourth-order valence-electron chi connectivity index (χ4n) is 4.08. The molecule has 0 aliphatic heterocycles. The Balaban J connectivity index is 1.43. The van der Waals surface area contributed by atoms with Crippen LogP contribution in [0, 0.1) is 11.8 Å². The number of allylic oxidation sites excluding steroid dienone is 2. The van der Waals surface area contributed by atoms with E-state index in [-0.39, 0.29) is 12.3 Å². The van der Waals surface area contributed by atoms with E-state index in [0.29, 0.717) is 18.1 Å². The molecule has 1 aliphatic carbocycles. The number of carboxylic acid groups (broad SMARTS) is 1.